The largest absolute Gasteiger partial charge is 0.304 e. The molecule has 1 aliphatic heterocycles. The molecule has 1 amide bonds. The van der Waals surface area contributed by atoms with Crippen molar-refractivity contribution in [2.75, 3.05) is 6.54 Å². The van der Waals surface area contributed by atoms with Crippen LogP contribution in [0, 0.1) is 5.82 Å². The third-order valence-corrected chi connectivity index (χ3v) is 5.71. The maximum atomic E-state index is 13.1. The number of rotatable bonds is 3. The van der Waals surface area contributed by atoms with Crippen LogP contribution in [0.5, 0.6) is 0 Å². The smallest absolute Gasteiger partial charge is 0.214 e. The molecule has 1 heterocycles. The summed E-state index contributed by atoms with van der Waals surface area (Å²) in [4.78, 5) is 11.7. The van der Waals surface area contributed by atoms with E-state index >= 15 is 0 Å². The zero-order chi connectivity index (χ0) is 14.9. The lowest BCUT2D eigenvalue weighted by atomic mass is 10.2. The molecule has 0 saturated heterocycles. The fourth-order valence-corrected chi connectivity index (χ4v) is 4.23. The van der Waals surface area contributed by atoms with Crippen LogP contribution in [-0.4, -0.2) is 26.3 Å². The van der Waals surface area contributed by atoms with Gasteiger partial charge >= 0.3 is 0 Å². The van der Waals surface area contributed by atoms with Crippen molar-refractivity contribution in [2.24, 2.45) is 0 Å². The molecule has 1 aliphatic rings. The summed E-state index contributed by atoms with van der Waals surface area (Å²) >= 11 is 11.5. The van der Waals surface area contributed by atoms with Crippen LogP contribution in [0.15, 0.2) is 33.2 Å². The van der Waals surface area contributed by atoms with Crippen molar-refractivity contribution in [3.8, 4) is 0 Å². The molecule has 0 radical (unpaired) electrons. The van der Waals surface area contributed by atoms with E-state index in [9.17, 15) is 17.6 Å². The average Bonchev–Trinajstić information content (AvgIpc) is 2.41. The van der Waals surface area contributed by atoms with Gasteiger partial charge in [0.1, 0.15) is 11.0 Å². The highest BCUT2D eigenvalue weighted by atomic mass is 35.5. The van der Waals surface area contributed by atoms with Gasteiger partial charge < -0.3 is 4.90 Å². The van der Waals surface area contributed by atoms with Crippen LogP contribution in [0.1, 0.15) is 12.8 Å². The minimum Gasteiger partial charge on any atom is -0.304 e. The topological polar surface area (TPSA) is 54.5 Å². The minimum atomic E-state index is -3.90. The Morgan fingerprint density at radius 2 is 2.00 bits per heavy atom. The highest BCUT2D eigenvalue weighted by Gasteiger charge is 2.29. The third kappa shape index (κ3) is 2.68. The van der Waals surface area contributed by atoms with Crippen molar-refractivity contribution in [1.29, 1.82) is 0 Å². The Labute approximate surface area is 125 Å². The molecule has 0 saturated carbocycles. The van der Waals surface area contributed by atoms with Crippen LogP contribution in [0.4, 0.5) is 4.39 Å². The molecule has 0 fully saturated rings. The van der Waals surface area contributed by atoms with Crippen LogP contribution < -0.4 is 0 Å². The van der Waals surface area contributed by atoms with Gasteiger partial charge in [-0.1, -0.05) is 23.2 Å². The van der Waals surface area contributed by atoms with E-state index in [0.717, 1.165) is 23.1 Å². The fourth-order valence-electron chi connectivity index (χ4n) is 1.90. The van der Waals surface area contributed by atoms with Crippen molar-refractivity contribution < 1.29 is 17.6 Å². The summed E-state index contributed by atoms with van der Waals surface area (Å²) < 4.78 is 38.0. The lowest BCUT2D eigenvalue weighted by Gasteiger charge is -2.24. The van der Waals surface area contributed by atoms with E-state index in [0.29, 0.717) is 19.4 Å². The van der Waals surface area contributed by atoms with Gasteiger partial charge in [-0.2, -0.15) is 0 Å². The summed E-state index contributed by atoms with van der Waals surface area (Å²) in [5, 5.41) is -0.405. The van der Waals surface area contributed by atoms with Crippen LogP contribution in [0.3, 0.4) is 0 Å². The van der Waals surface area contributed by atoms with E-state index < -0.39 is 15.7 Å². The summed E-state index contributed by atoms with van der Waals surface area (Å²) in [6.45, 7) is 0.367. The third-order valence-electron chi connectivity index (χ3n) is 2.94. The van der Waals surface area contributed by atoms with Crippen molar-refractivity contribution in [1.82, 2.24) is 4.90 Å². The van der Waals surface area contributed by atoms with Gasteiger partial charge in [-0.05, 0) is 31.0 Å². The number of carbonyl (C=O) groups excluding carboxylic acids is 1. The average molecular weight is 338 g/mol. The Morgan fingerprint density at radius 3 is 2.60 bits per heavy atom. The Kier molecular flexibility index (Phi) is 4.36. The van der Waals surface area contributed by atoms with Crippen LogP contribution >= 0.6 is 23.2 Å². The summed E-state index contributed by atoms with van der Waals surface area (Å²) in [6, 6.07) is 3.13. The van der Waals surface area contributed by atoms with Crippen LogP contribution in [0.25, 0.3) is 0 Å². The van der Waals surface area contributed by atoms with Crippen molar-refractivity contribution in [3.05, 3.63) is 39.1 Å². The number of allylic oxidation sites excluding steroid dienone is 1. The maximum absolute atomic E-state index is 13.1. The molecule has 0 N–H and O–H groups in total. The Balaban J connectivity index is 2.54. The lowest BCUT2D eigenvalue weighted by molar-refractivity contribution is -0.116. The normalized spacial score (nSPS) is 16.4. The monoisotopic (exact) mass is 337 g/mol. The van der Waals surface area contributed by atoms with Gasteiger partial charge in [0.15, 0.2) is 0 Å². The van der Waals surface area contributed by atoms with E-state index in [2.05, 4.69) is 0 Å². The minimum absolute atomic E-state index is 0.0554. The molecule has 0 aliphatic carbocycles. The van der Waals surface area contributed by atoms with Crippen molar-refractivity contribution in [2.45, 2.75) is 17.7 Å². The predicted molar refractivity (Wildman–Crippen MR) is 73.5 cm³/mol. The molecule has 0 bridgehead atoms. The van der Waals surface area contributed by atoms with Crippen molar-refractivity contribution >= 4 is 39.4 Å². The summed E-state index contributed by atoms with van der Waals surface area (Å²) in [5.41, 5.74) is 0. The predicted octanol–water partition coefficient (Wildman–Crippen LogP) is 2.91. The summed E-state index contributed by atoms with van der Waals surface area (Å²) in [5.74, 6) is -0.705. The molecule has 1 aromatic carbocycles. The number of benzene rings is 1. The SMILES string of the molecule is O=CN1CCCC(S(=O)(=O)c2ccc(F)c(Cl)c2)=C1Cl. The zero-order valence-corrected chi connectivity index (χ0v) is 12.5. The Morgan fingerprint density at radius 1 is 1.30 bits per heavy atom. The number of amides is 1. The number of carbonyl (C=O) groups is 1. The standard InChI is InChI=1S/C12H10Cl2FNO3S/c13-9-6-8(3-4-10(9)15)20(18,19)11-2-1-5-16(7-17)12(11)14/h3-4,6-7H,1-2,5H2. The number of sulfone groups is 1. The molecule has 2 rings (SSSR count). The van der Waals surface area contributed by atoms with E-state index in [1.807, 2.05) is 0 Å². The second-order valence-electron chi connectivity index (χ2n) is 4.20. The van der Waals surface area contributed by atoms with Gasteiger partial charge in [-0.25, -0.2) is 12.8 Å². The van der Waals surface area contributed by atoms with Gasteiger partial charge in [-0.15, -0.1) is 0 Å². The molecule has 0 aromatic heterocycles. The first-order valence-electron chi connectivity index (χ1n) is 5.68. The van der Waals surface area contributed by atoms with E-state index in [1.54, 1.807) is 0 Å². The van der Waals surface area contributed by atoms with E-state index in [-0.39, 0.29) is 26.4 Å². The quantitative estimate of drug-likeness (QED) is 0.484. The van der Waals surface area contributed by atoms with Gasteiger partial charge in [-0.3, -0.25) is 4.79 Å². The van der Waals surface area contributed by atoms with Crippen LogP contribution in [-0.2, 0) is 14.6 Å². The maximum Gasteiger partial charge on any atom is 0.214 e. The first-order valence-corrected chi connectivity index (χ1v) is 7.92. The second-order valence-corrected chi connectivity index (χ2v) is 6.93. The molecular formula is C12H10Cl2FNO3S. The lowest BCUT2D eigenvalue weighted by Crippen LogP contribution is -2.27. The molecule has 4 nitrogen and oxygen atoms in total. The first-order chi connectivity index (χ1) is 9.37. The Bertz CT molecular complexity index is 688. The fraction of sp³-hybridized carbons (Fsp3) is 0.250. The van der Waals surface area contributed by atoms with E-state index in [4.69, 9.17) is 23.2 Å². The van der Waals surface area contributed by atoms with Crippen LogP contribution in [0.2, 0.25) is 5.02 Å². The zero-order valence-electron chi connectivity index (χ0n) is 10.1. The Hall–Kier alpha value is -1.11. The molecule has 8 heteroatoms. The number of hydrogen-bond donors (Lipinski definition) is 0. The van der Waals surface area contributed by atoms with Crippen molar-refractivity contribution in [3.63, 3.8) is 0 Å². The van der Waals surface area contributed by atoms with Gasteiger partial charge in [0.25, 0.3) is 0 Å². The van der Waals surface area contributed by atoms with Gasteiger partial charge in [0.2, 0.25) is 16.2 Å². The number of halogens is 3. The summed E-state index contributed by atoms with van der Waals surface area (Å²) in [7, 11) is -3.90. The molecule has 108 valence electrons. The molecular weight excluding hydrogens is 328 g/mol. The molecule has 1 aromatic rings. The molecule has 0 atom stereocenters. The van der Waals surface area contributed by atoms with Gasteiger partial charge in [0, 0.05) is 6.54 Å². The first kappa shape index (κ1) is 15.3. The highest BCUT2D eigenvalue weighted by Crippen LogP contribution is 2.33. The van der Waals surface area contributed by atoms with E-state index in [1.165, 1.54) is 0 Å². The molecule has 20 heavy (non-hydrogen) atoms. The highest BCUT2D eigenvalue weighted by molar-refractivity contribution is 7.95. The second kappa shape index (κ2) is 5.71. The van der Waals surface area contributed by atoms with Gasteiger partial charge in [0.05, 0.1) is 14.8 Å². The number of hydrogen-bond acceptors (Lipinski definition) is 3. The number of nitrogens with zero attached hydrogens (tertiary/aromatic N) is 1. The summed E-state index contributed by atoms with van der Waals surface area (Å²) in [6.07, 6.45) is 1.19. The molecule has 0 spiro atoms. The molecule has 0 unspecified atom stereocenters.